The molecule has 0 atom stereocenters. The van der Waals surface area contributed by atoms with Crippen molar-refractivity contribution < 1.29 is 14.3 Å². The first-order valence-corrected chi connectivity index (χ1v) is 4.79. The number of aromatic carboxylic acids is 1. The SMILES string of the molecule is Cc1coc(-c2nc(N)c(C(=O)O)nc2C)n1. The van der Waals surface area contributed by atoms with Crippen LogP contribution in [0.5, 0.6) is 0 Å². The highest BCUT2D eigenvalue weighted by molar-refractivity contribution is 5.90. The average Bonchev–Trinajstić information content (AvgIpc) is 2.67. The van der Waals surface area contributed by atoms with E-state index < -0.39 is 5.97 Å². The number of hydrogen-bond donors (Lipinski definition) is 2. The van der Waals surface area contributed by atoms with Crippen LogP contribution in [0.3, 0.4) is 0 Å². The summed E-state index contributed by atoms with van der Waals surface area (Å²) >= 11 is 0. The van der Waals surface area contributed by atoms with Crippen LogP contribution in [0.25, 0.3) is 11.6 Å². The summed E-state index contributed by atoms with van der Waals surface area (Å²) in [5, 5.41) is 8.83. The Kier molecular flexibility index (Phi) is 2.51. The Morgan fingerprint density at radius 3 is 2.59 bits per heavy atom. The summed E-state index contributed by atoms with van der Waals surface area (Å²) in [7, 11) is 0. The van der Waals surface area contributed by atoms with Crippen LogP contribution < -0.4 is 5.73 Å². The van der Waals surface area contributed by atoms with Crippen LogP contribution in [0, 0.1) is 13.8 Å². The number of nitrogens with two attached hydrogens (primary N) is 1. The molecule has 0 aliphatic rings. The molecule has 0 unspecified atom stereocenters. The van der Waals surface area contributed by atoms with E-state index in [2.05, 4.69) is 15.0 Å². The smallest absolute Gasteiger partial charge is 0.358 e. The Hall–Kier alpha value is -2.44. The Morgan fingerprint density at radius 1 is 1.35 bits per heavy atom. The molecule has 7 nitrogen and oxygen atoms in total. The fourth-order valence-corrected chi connectivity index (χ4v) is 1.35. The molecule has 0 amide bonds. The number of rotatable bonds is 2. The van der Waals surface area contributed by atoms with Crippen LogP contribution in [-0.2, 0) is 0 Å². The normalized spacial score (nSPS) is 10.5. The van der Waals surface area contributed by atoms with E-state index in [0.29, 0.717) is 17.1 Å². The minimum atomic E-state index is -1.21. The largest absolute Gasteiger partial charge is 0.476 e. The fourth-order valence-electron chi connectivity index (χ4n) is 1.35. The summed E-state index contributed by atoms with van der Waals surface area (Å²) < 4.78 is 5.17. The molecule has 0 saturated carbocycles. The molecule has 2 heterocycles. The van der Waals surface area contributed by atoms with Gasteiger partial charge in [-0.25, -0.2) is 19.7 Å². The predicted octanol–water partition coefficient (Wildman–Crippen LogP) is 1.03. The van der Waals surface area contributed by atoms with E-state index in [9.17, 15) is 4.79 Å². The van der Waals surface area contributed by atoms with Crippen molar-refractivity contribution in [2.24, 2.45) is 0 Å². The van der Waals surface area contributed by atoms with Crippen molar-refractivity contribution in [2.45, 2.75) is 13.8 Å². The van der Waals surface area contributed by atoms with Gasteiger partial charge in [0.15, 0.2) is 11.5 Å². The predicted molar refractivity (Wildman–Crippen MR) is 58.4 cm³/mol. The average molecular weight is 234 g/mol. The summed E-state index contributed by atoms with van der Waals surface area (Å²) in [5.74, 6) is -1.10. The zero-order valence-electron chi connectivity index (χ0n) is 9.26. The van der Waals surface area contributed by atoms with Crippen molar-refractivity contribution in [2.75, 3.05) is 5.73 Å². The molecule has 2 aromatic rings. The Balaban J connectivity index is 2.57. The lowest BCUT2D eigenvalue weighted by Crippen LogP contribution is -2.10. The molecule has 0 radical (unpaired) electrons. The third-order valence-electron chi connectivity index (χ3n) is 2.12. The van der Waals surface area contributed by atoms with Gasteiger partial charge in [-0.1, -0.05) is 0 Å². The van der Waals surface area contributed by atoms with Crippen LogP contribution in [-0.4, -0.2) is 26.0 Å². The van der Waals surface area contributed by atoms with Gasteiger partial charge in [-0.2, -0.15) is 0 Å². The maximum absolute atomic E-state index is 10.8. The molecule has 0 aliphatic heterocycles. The minimum absolute atomic E-state index is 0.158. The highest BCUT2D eigenvalue weighted by atomic mass is 16.4. The lowest BCUT2D eigenvalue weighted by molar-refractivity contribution is 0.0691. The number of nitrogen functional groups attached to an aromatic ring is 1. The second-order valence-corrected chi connectivity index (χ2v) is 3.49. The van der Waals surface area contributed by atoms with Crippen LogP contribution in [0.4, 0.5) is 5.82 Å². The van der Waals surface area contributed by atoms with Crippen molar-refractivity contribution in [1.82, 2.24) is 15.0 Å². The van der Waals surface area contributed by atoms with Gasteiger partial charge in [0.2, 0.25) is 5.89 Å². The fraction of sp³-hybridized carbons (Fsp3) is 0.200. The molecular formula is C10H10N4O3. The maximum atomic E-state index is 10.8. The van der Waals surface area contributed by atoms with E-state index in [4.69, 9.17) is 15.3 Å². The highest BCUT2D eigenvalue weighted by Crippen LogP contribution is 2.21. The lowest BCUT2D eigenvalue weighted by atomic mass is 10.3. The summed E-state index contributed by atoms with van der Waals surface area (Å²) in [4.78, 5) is 22.7. The zero-order chi connectivity index (χ0) is 12.6. The molecule has 88 valence electrons. The first-order chi connectivity index (χ1) is 7.99. The summed E-state index contributed by atoms with van der Waals surface area (Å²) in [5.41, 5.74) is 6.69. The maximum Gasteiger partial charge on any atom is 0.358 e. The molecule has 0 spiro atoms. The molecule has 0 bridgehead atoms. The Morgan fingerprint density at radius 2 is 2.06 bits per heavy atom. The number of anilines is 1. The molecular weight excluding hydrogens is 224 g/mol. The number of carboxylic acids is 1. The van der Waals surface area contributed by atoms with Gasteiger partial charge in [0.25, 0.3) is 0 Å². The van der Waals surface area contributed by atoms with Crippen LogP contribution >= 0.6 is 0 Å². The van der Waals surface area contributed by atoms with Crippen molar-refractivity contribution in [1.29, 1.82) is 0 Å². The first kappa shape index (κ1) is 11.1. The van der Waals surface area contributed by atoms with Crippen LogP contribution in [0.1, 0.15) is 21.9 Å². The van der Waals surface area contributed by atoms with Gasteiger partial charge in [0.1, 0.15) is 12.0 Å². The third kappa shape index (κ3) is 1.94. The molecule has 2 rings (SSSR count). The van der Waals surface area contributed by atoms with E-state index in [-0.39, 0.29) is 17.4 Å². The molecule has 3 N–H and O–H groups in total. The van der Waals surface area contributed by atoms with E-state index in [0.717, 1.165) is 0 Å². The number of aromatic nitrogens is 3. The first-order valence-electron chi connectivity index (χ1n) is 4.79. The van der Waals surface area contributed by atoms with Gasteiger partial charge in [-0.3, -0.25) is 0 Å². The standard InChI is InChI=1S/C10H10N4O3/c1-4-3-17-9(12-4)6-5(2)13-7(10(15)16)8(11)14-6/h3H,1-2H3,(H2,11,14)(H,15,16). The molecule has 0 saturated heterocycles. The van der Waals surface area contributed by atoms with Gasteiger partial charge in [0.05, 0.1) is 11.4 Å². The van der Waals surface area contributed by atoms with Crippen molar-refractivity contribution in [3.05, 3.63) is 23.3 Å². The van der Waals surface area contributed by atoms with Crippen molar-refractivity contribution >= 4 is 11.8 Å². The molecule has 0 aliphatic carbocycles. The Labute approximate surface area is 96.3 Å². The molecule has 2 aromatic heterocycles. The quantitative estimate of drug-likeness (QED) is 0.797. The van der Waals surface area contributed by atoms with Crippen molar-refractivity contribution in [3.63, 3.8) is 0 Å². The van der Waals surface area contributed by atoms with E-state index >= 15 is 0 Å². The Bertz CT molecular complexity index is 591. The summed E-state index contributed by atoms with van der Waals surface area (Å²) in [6, 6.07) is 0. The zero-order valence-corrected chi connectivity index (χ0v) is 9.26. The number of oxazole rings is 1. The van der Waals surface area contributed by atoms with Gasteiger partial charge in [-0.05, 0) is 13.8 Å². The molecule has 17 heavy (non-hydrogen) atoms. The third-order valence-corrected chi connectivity index (χ3v) is 2.12. The van der Waals surface area contributed by atoms with Gasteiger partial charge in [0, 0.05) is 0 Å². The topological polar surface area (TPSA) is 115 Å². The monoisotopic (exact) mass is 234 g/mol. The van der Waals surface area contributed by atoms with Crippen LogP contribution in [0.2, 0.25) is 0 Å². The lowest BCUT2D eigenvalue weighted by Gasteiger charge is -2.04. The van der Waals surface area contributed by atoms with Gasteiger partial charge >= 0.3 is 5.97 Å². The van der Waals surface area contributed by atoms with Gasteiger partial charge < -0.3 is 15.3 Å². The summed E-state index contributed by atoms with van der Waals surface area (Å²) in [6.45, 7) is 3.39. The number of carbonyl (C=O) groups is 1. The number of hydrogen-bond acceptors (Lipinski definition) is 6. The molecule has 7 heteroatoms. The number of nitrogens with zero attached hydrogens (tertiary/aromatic N) is 3. The second-order valence-electron chi connectivity index (χ2n) is 3.49. The number of carboxylic acid groups (broad SMARTS) is 1. The van der Waals surface area contributed by atoms with Crippen molar-refractivity contribution in [3.8, 4) is 11.6 Å². The minimum Gasteiger partial charge on any atom is -0.476 e. The molecule has 0 aromatic carbocycles. The van der Waals surface area contributed by atoms with E-state index in [1.807, 2.05) is 0 Å². The number of aryl methyl sites for hydroxylation is 2. The second kappa shape index (κ2) is 3.85. The summed E-state index contributed by atoms with van der Waals surface area (Å²) in [6.07, 6.45) is 1.47. The van der Waals surface area contributed by atoms with E-state index in [1.54, 1.807) is 13.8 Å². The van der Waals surface area contributed by atoms with E-state index in [1.165, 1.54) is 6.26 Å². The van der Waals surface area contributed by atoms with Gasteiger partial charge in [-0.15, -0.1) is 0 Å². The molecule has 0 fully saturated rings. The highest BCUT2D eigenvalue weighted by Gasteiger charge is 2.18. The van der Waals surface area contributed by atoms with Crippen LogP contribution in [0.15, 0.2) is 10.7 Å².